The number of nitrogens with zero attached hydrogens (tertiary/aromatic N) is 4. The molecule has 2 N–H and O–H groups in total. The number of rotatable bonds is 4. The molecule has 0 aliphatic carbocycles. The molecule has 1 amide bonds. The summed E-state index contributed by atoms with van der Waals surface area (Å²) in [6.45, 7) is 2.31. The maximum Gasteiger partial charge on any atom is 0.356 e. The third kappa shape index (κ3) is 2.73. The zero-order valence-electron chi connectivity index (χ0n) is 10.1. The largest absolute Gasteiger partial charge is 0.476 e. The molecule has 0 radical (unpaired) electrons. The van der Waals surface area contributed by atoms with E-state index < -0.39 is 5.97 Å². The molecule has 0 aliphatic heterocycles. The Labute approximate surface area is 108 Å². The molecule has 2 heterocycles. The van der Waals surface area contributed by atoms with Gasteiger partial charge in [0.05, 0.1) is 0 Å². The first kappa shape index (κ1) is 12.7. The van der Waals surface area contributed by atoms with Gasteiger partial charge in [-0.25, -0.2) is 9.48 Å². The van der Waals surface area contributed by atoms with E-state index in [2.05, 4.69) is 20.6 Å². The van der Waals surface area contributed by atoms with Crippen molar-refractivity contribution in [3.8, 4) is 5.82 Å². The lowest BCUT2D eigenvalue weighted by Gasteiger charge is -2.02. The molecular weight excluding hydrogens is 250 g/mol. The number of aromatic nitrogens is 4. The number of carboxylic acid groups (broad SMARTS) is 1. The highest BCUT2D eigenvalue weighted by Crippen LogP contribution is 2.04. The third-order valence-electron chi connectivity index (χ3n) is 2.26. The SMILES string of the molecule is CCNC(=O)c1ccc(-n2ccc(C(=O)O)n2)nn1. The Morgan fingerprint density at radius 2 is 2.05 bits per heavy atom. The summed E-state index contributed by atoms with van der Waals surface area (Å²) >= 11 is 0. The van der Waals surface area contributed by atoms with Crippen molar-refractivity contribution < 1.29 is 14.7 Å². The van der Waals surface area contributed by atoms with Gasteiger partial charge in [0, 0.05) is 12.7 Å². The maximum atomic E-state index is 11.5. The van der Waals surface area contributed by atoms with Gasteiger partial charge < -0.3 is 10.4 Å². The molecule has 0 saturated carbocycles. The third-order valence-corrected chi connectivity index (χ3v) is 2.26. The lowest BCUT2D eigenvalue weighted by molar-refractivity contribution is 0.0689. The van der Waals surface area contributed by atoms with Crippen LogP contribution in [0.3, 0.4) is 0 Å². The summed E-state index contributed by atoms with van der Waals surface area (Å²) in [6, 6.07) is 4.38. The van der Waals surface area contributed by atoms with Crippen molar-refractivity contribution in [2.24, 2.45) is 0 Å². The van der Waals surface area contributed by atoms with Gasteiger partial charge in [0.25, 0.3) is 5.91 Å². The van der Waals surface area contributed by atoms with Gasteiger partial charge in [-0.15, -0.1) is 10.2 Å². The normalized spacial score (nSPS) is 10.2. The minimum absolute atomic E-state index is 0.0883. The molecule has 0 fully saturated rings. The molecule has 0 atom stereocenters. The molecule has 98 valence electrons. The van der Waals surface area contributed by atoms with E-state index in [1.807, 2.05) is 0 Å². The van der Waals surface area contributed by atoms with Gasteiger partial charge in [-0.3, -0.25) is 4.79 Å². The average Bonchev–Trinajstić information content (AvgIpc) is 2.89. The van der Waals surface area contributed by atoms with Gasteiger partial charge in [0.15, 0.2) is 17.2 Å². The number of hydrogen-bond acceptors (Lipinski definition) is 5. The van der Waals surface area contributed by atoms with Crippen LogP contribution in [0.1, 0.15) is 27.9 Å². The van der Waals surface area contributed by atoms with Crippen LogP contribution in [-0.2, 0) is 0 Å². The summed E-state index contributed by atoms with van der Waals surface area (Å²) in [5.41, 5.74) is 0.103. The first-order valence-electron chi connectivity index (χ1n) is 5.53. The molecule has 2 aromatic heterocycles. The van der Waals surface area contributed by atoms with Crippen molar-refractivity contribution in [2.75, 3.05) is 6.54 Å². The summed E-state index contributed by atoms with van der Waals surface area (Å²) in [5.74, 6) is -1.10. The van der Waals surface area contributed by atoms with Crippen LogP contribution in [0.5, 0.6) is 0 Å². The van der Waals surface area contributed by atoms with E-state index in [0.29, 0.717) is 12.4 Å². The van der Waals surface area contributed by atoms with Gasteiger partial charge in [-0.05, 0) is 25.1 Å². The summed E-state index contributed by atoms with van der Waals surface area (Å²) in [5, 5.41) is 22.7. The molecule has 0 spiro atoms. The van der Waals surface area contributed by atoms with Crippen molar-refractivity contribution in [3.05, 3.63) is 35.8 Å². The van der Waals surface area contributed by atoms with Crippen molar-refractivity contribution in [3.63, 3.8) is 0 Å². The van der Waals surface area contributed by atoms with Crippen molar-refractivity contribution in [1.29, 1.82) is 0 Å². The lowest BCUT2D eigenvalue weighted by Crippen LogP contribution is -2.24. The first-order chi connectivity index (χ1) is 9.11. The zero-order chi connectivity index (χ0) is 13.8. The van der Waals surface area contributed by atoms with E-state index in [4.69, 9.17) is 5.11 Å². The Balaban J connectivity index is 2.22. The highest BCUT2D eigenvalue weighted by molar-refractivity contribution is 5.92. The molecule has 19 heavy (non-hydrogen) atoms. The van der Waals surface area contributed by atoms with Crippen LogP contribution in [0, 0.1) is 0 Å². The quantitative estimate of drug-likeness (QED) is 0.808. The van der Waals surface area contributed by atoms with Crippen LogP contribution in [0.4, 0.5) is 0 Å². The van der Waals surface area contributed by atoms with Crippen LogP contribution in [-0.4, -0.2) is 43.5 Å². The molecular formula is C11H11N5O3. The molecule has 8 nitrogen and oxygen atoms in total. The number of carbonyl (C=O) groups excluding carboxylic acids is 1. The molecule has 2 aromatic rings. The van der Waals surface area contributed by atoms with Gasteiger partial charge in [0.1, 0.15) is 0 Å². The van der Waals surface area contributed by atoms with Gasteiger partial charge in [0.2, 0.25) is 0 Å². The highest BCUT2D eigenvalue weighted by atomic mass is 16.4. The Morgan fingerprint density at radius 3 is 2.58 bits per heavy atom. The van der Waals surface area contributed by atoms with Crippen LogP contribution in [0.15, 0.2) is 24.4 Å². The smallest absolute Gasteiger partial charge is 0.356 e. The second kappa shape index (κ2) is 5.25. The second-order valence-electron chi connectivity index (χ2n) is 3.59. The number of aromatic carboxylic acids is 1. The van der Waals surface area contributed by atoms with Crippen LogP contribution in [0.2, 0.25) is 0 Å². The fourth-order valence-corrected chi connectivity index (χ4v) is 1.39. The molecule has 0 bridgehead atoms. The predicted molar refractivity (Wildman–Crippen MR) is 64.1 cm³/mol. The highest BCUT2D eigenvalue weighted by Gasteiger charge is 2.10. The lowest BCUT2D eigenvalue weighted by atomic mass is 10.3. The monoisotopic (exact) mass is 261 g/mol. The Hall–Kier alpha value is -2.77. The fraction of sp³-hybridized carbons (Fsp3) is 0.182. The molecule has 0 aliphatic rings. The van der Waals surface area contributed by atoms with Crippen molar-refractivity contribution in [1.82, 2.24) is 25.3 Å². The number of hydrogen-bond donors (Lipinski definition) is 2. The van der Waals surface area contributed by atoms with E-state index in [1.54, 1.807) is 6.92 Å². The molecule has 0 aromatic carbocycles. The predicted octanol–water partition coefficient (Wildman–Crippen LogP) is 0.110. The van der Waals surface area contributed by atoms with Gasteiger partial charge in [-0.1, -0.05) is 0 Å². The second-order valence-corrected chi connectivity index (χ2v) is 3.59. The minimum atomic E-state index is -1.12. The van der Waals surface area contributed by atoms with Crippen LogP contribution < -0.4 is 5.32 Å². The fourth-order valence-electron chi connectivity index (χ4n) is 1.39. The Bertz CT molecular complexity index is 605. The first-order valence-corrected chi connectivity index (χ1v) is 5.53. The number of amides is 1. The zero-order valence-corrected chi connectivity index (χ0v) is 10.1. The molecule has 0 saturated heterocycles. The number of nitrogens with one attached hydrogen (secondary N) is 1. The average molecular weight is 261 g/mol. The van der Waals surface area contributed by atoms with Crippen molar-refractivity contribution >= 4 is 11.9 Å². The van der Waals surface area contributed by atoms with E-state index in [9.17, 15) is 9.59 Å². The number of carboxylic acids is 1. The van der Waals surface area contributed by atoms with Crippen LogP contribution >= 0.6 is 0 Å². The van der Waals surface area contributed by atoms with E-state index >= 15 is 0 Å². The Kier molecular flexibility index (Phi) is 3.51. The van der Waals surface area contributed by atoms with Gasteiger partial charge in [-0.2, -0.15) is 5.10 Å². The topological polar surface area (TPSA) is 110 Å². The molecule has 8 heteroatoms. The van der Waals surface area contributed by atoms with E-state index in [-0.39, 0.29) is 17.3 Å². The maximum absolute atomic E-state index is 11.5. The standard InChI is InChI=1S/C11H11N5O3/c1-2-12-10(17)7-3-4-9(14-13-7)16-6-5-8(15-16)11(18)19/h3-6H,2H2,1H3,(H,12,17)(H,18,19). The van der Waals surface area contributed by atoms with E-state index in [0.717, 1.165) is 0 Å². The minimum Gasteiger partial charge on any atom is -0.476 e. The molecule has 2 rings (SSSR count). The number of carbonyl (C=O) groups is 2. The molecule has 0 unspecified atom stereocenters. The summed E-state index contributed by atoms with van der Waals surface area (Å²) in [7, 11) is 0. The summed E-state index contributed by atoms with van der Waals surface area (Å²) < 4.78 is 1.28. The summed E-state index contributed by atoms with van der Waals surface area (Å²) in [4.78, 5) is 22.2. The van der Waals surface area contributed by atoms with Gasteiger partial charge >= 0.3 is 5.97 Å². The van der Waals surface area contributed by atoms with Crippen molar-refractivity contribution in [2.45, 2.75) is 6.92 Å². The van der Waals surface area contributed by atoms with Crippen LogP contribution in [0.25, 0.3) is 5.82 Å². The summed E-state index contributed by atoms with van der Waals surface area (Å²) in [6.07, 6.45) is 1.46. The van der Waals surface area contributed by atoms with E-state index in [1.165, 1.54) is 29.1 Å². The Morgan fingerprint density at radius 1 is 1.26 bits per heavy atom.